The highest BCUT2D eigenvalue weighted by Gasteiger charge is 2.27. The Morgan fingerprint density at radius 3 is 2.52 bits per heavy atom. The molecule has 160 valence electrons. The Hall–Kier alpha value is -3.66. The van der Waals surface area contributed by atoms with Gasteiger partial charge >= 0.3 is 0 Å². The molecule has 2 aromatic heterocycles. The number of amides is 1. The van der Waals surface area contributed by atoms with Crippen LogP contribution in [0.4, 0.5) is 19.0 Å². The molecule has 0 saturated heterocycles. The summed E-state index contributed by atoms with van der Waals surface area (Å²) in [5.41, 5.74) is 6.91. The van der Waals surface area contributed by atoms with Crippen LogP contribution in [0.3, 0.4) is 0 Å². The van der Waals surface area contributed by atoms with E-state index < -0.39 is 23.4 Å². The number of carbonyl (C=O) groups is 1. The van der Waals surface area contributed by atoms with Crippen LogP contribution < -0.4 is 11.1 Å². The smallest absolute Gasteiger partial charge is 0.257 e. The number of hydrogen-bond donors (Lipinski definition) is 2. The van der Waals surface area contributed by atoms with E-state index >= 15 is 0 Å². The second-order valence-corrected chi connectivity index (χ2v) is 6.78. The van der Waals surface area contributed by atoms with Crippen LogP contribution in [0.15, 0.2) is 36.4 Å². The highest BCUT2D eigenvalue weighted by molar-refractivity contribution is 6.11. The van der Waals surface area contributed by atoms with E-state index in [0.717, 1.165) is 16.7 Å². The highest BCUT2D eigenvalue weighted by atomic mass is 19.2. The maximum atomic E-state index is 14.6. The molecule has 0 spiro atoms. The fourth-order valence-electron chi connectivity index (χ4n) is 3.32. The van der Waals surface area contributed by atoms with Crippen molar-refractivity contribution < 1.29 is 22.7 Å². The number of halogens is 3. The average Bonchev–Trinajstić information content (AvgIpc) is 3.04. The summed E-state index contributed by atoms with van der Waals surface area (Å²) in [6.45, 7) is 0.751. The van der Waals surface area contributed by atoms with Gasteiger partial charge in [0.2, 0.25) is 0 Å². The maximum Gasteiger partial charge on any atom is 0.257 e. The average molecular weight is 429 g/mol. The molecule has 0 aliphatic heterocycles. The first-order valence-corrected chi connectivity index (χ1v) is 9.41. The molecule has 1 amide bonds. The molecule has 4 aromatic rings. The van der Waals surface area contributed by atoms with E-state index in [0.29, 0.717) is 30.6 Å². The van der Waals surface area contributed by atoms with E-state index in [-0.39, 0.29) is 28.2 Å². The van der Waals surface area contributed by atoms with Crippen molar-refractivity contribution in [3.05, 3.63) is 59.4 Å². The number of aromatic nitrogens is 3. The summed E-state index contributed by atoms with van der Waals surface area (Å²) < 4.78 is 48.0. The van der Waals surface area contributed by atoms with Crippen LogP contribution >= 0.6 is 0 Å². The summed E-state index contributed by atoms with van der Waals surface area (Å²) in [4.78, 5) is 21.8. The number of carbonyl (C=O) groups excluding carboxylic acids is 1. The Morgan fingerprint density at radius 2 is 1.81 bits per heavy atom. The molecule has 0 aliphatic rings. The minimum Gasteiger partial charge on any atom is -0.385 e. The van der Waals surface area contributed by atoms with Crippen molar-refractivity contribution in [2.75, 3.05) is 26.0 Å². The zero-order valence-electron chi connectivity index (χ0n) is 16.5. The lowest BCUT2D eigenvalue weighted by molar-refractivity contribution is 0.0951. The lowest BCUT2D eigenvalue weighted by atomic mass is 10.2. The molecule has 0 unspecified atom stereocenters. The maximum absolute atomic E-state index is 14.6. The van der Waals surface area contributed by atoms with E-state index in [1.807, 2.05) is 0 Å². The number of para-hydroxylation sites is 2. The number of rotatable bonds is 6. The molecule has 0 aliphatic carbocycles. The van der Waals surface area contributed by atoms with E-state index in [9.17, 15) is 18.0 Å². The second-order valence-electron chi connectivity index (χ2n) is 6.78. The fourth-order valence-corrected chi connectivity index (χ4v) is 3.32. The Kier molecular flexibility index (Phi) is 5.47. The predicted molar refractivity (Wildman–Crippen MR) is 109 cm³/mol. The van der Waals surface area contributed by atoms with Crippen molar-refractivity contribution in [3.8, 4) is 5.69 Å². The van der Waals surface area contributed by atoms with Crippen LogP contribution in [0.25, 0.3) is 27.9 Å². The molecule has 2 heterocycles. The number of nitrogens with two attached hydrogens (primary N) is 1. The third-order valence-electron chi connectivity index (χ3n) is 4.79. The molecular formula is C21H18F3N5O2. The van der Waals surface area contributed by atoms with Gasteiger partial charge in [-0.2, -0.15) is 0 Å². The van der Waals surface area contributed by atoms with Crippen molar-refractivity contribution >= 4 is 33.9 Å². The van der Waals surface area contributed by atoms with E-state index in [1.165, 1.54) is 0 Å². The molecule has 0 bridgehead atoms. The third kappa shape index (κ3) is 3.55. The molecule has 0 saturated carbocycles. The van der Waals surface area contributed by atoms with Crippen molar-refractivity contribution in [2.24, 2.45) is 0 Å². The van der Waals surface area contributed by atoms with E-state index in [1.54, 1.807) is 31.4 Å². The zero-order chi connectivity index (χ0) is 22.1. The molecular weight excluding hydrogens is 411 g/mol. The number of nitrogens with zero attached hydrogens (tertiary/aromatic N) is 3. The van der Waals surface area contributed by atoms with Crippen LogP contribution in [0.2, 0.25) is 0 Å². The number of benzene rings is 2. The van der Waals surface area contributed by atoms with E-state index in [4.69, 9.17) is 10.5 Å². The number of hydrogen-bond acceptors (Lipinski definition) is 5. The lowest BCUT2D eigenvalue weighted by Crippen LogP contribution is -2.26. The first-order chi connectivity index (χ1) is 14.9. The standard InChI is InChI=1S/C21H18F3N5O2/c1-31-10-4-9-26-21(30)15-18-20(28-13-6-3-2-5-12(13)27-18)29(19(15)25)14-8-7-11(22)16(23)17(14)24/h2-3,5-8H,4,9-10,25H2,1H3,(H,26,30). The van der Waals surface area contributed by atoms with Crippen molar-refractivity contribution in [1.29, 1.82) is 0 Å². The number of nitrogens with one attached hydrogen (secondary N) is 1. The SMILES string of the molecule is COCCCNC(=O)c1c(N)n(-c2ccc(F)c(F)c2F)c2nc3ccccc3nc12. The summed E-state index contributed by atoms with van der Waals surface area (Å²) in [5.74, 6) is -5.20. The monoisotopic (exact) mass is 429 g/mol. The number of fused-ring (bicyclic) bond motifs is 2. The van der Waals surface area contributed by atoms with Gasteiger partial charge in [0, 0.05) is 20.3 Å². The first-order valence-electron chi connectivity index (χ1n) is 9.41. The van der Waals surface area contributed by atoms with Gasteiger partial charge in [-0.25, -0.2) is 23.1 Å². The van der Waals surface area contributed by atoms with Crippen LogP contribution in [-0.2, 0) is 4.74 Å². The van der Waals surface area contributed by atoms with Gasteiger partial charge in [0.15, 0.2) is 23.1 Å². The highest BCUT2D eigenvalue weighted by Crippen LogP contribution is 2.32. The second kappa shape index (κ2) is 8.23. The van der Waals surface area contributed by atoms with Gasteiger partial charge < -0.3 is 15.8 Å². The van der Waals surface area contributed by atoms with Crippen LogP contribution in [-0.4, -0.2) is 40.7 Å². The van der Waals surface area contributed by atoms with Gasteiger partial charge in [0.25, 0.3) is 5.91 Å². The van der Waals surface area contributed by atoms with Crippen molar-refractivity contribution in [1.82, 2.24) is 19.9 Å². The van der Waals surface area contributed by atoms with Crippen molar-refractivity contribution in [2.45, 2.75) is 6.42 Å². The lowest BCUT2D eigenvalue weighted by Gasteiger charge is -2.10. The van der Waals surface area contributed by atoms with E-state index in [2.05, 4.69) is 15.3 Å². The summed E-state index contributed by atoms with van der Waals surface area (Å²) in [6, 6.07) is 8.68. The van der Waals surface area contributed by atoms with Gasteiger partial charge in [-0.1, -0.05) is 12.1 Å². The summed E-state index contributed by atoms with van der Waals surface area (Å²) in [5, 5.41) is 2.71. The summed E-state index contributed by atoms with van der Waals surface area (Å²) >= 11 is 0. The minimum absolute atomic E-state index is 0.0326. The van der Waals surface area contributed by atoms with Gasteiger partial charge in [-0.15, -0.1) is 0 Å². The molecule has 0 fully saturated rings. The minimum atomic E-state index is -1.65. The molecule has 7 nitrogen and oxygen atoms in total. The molecule has 2 aromatic carbocycles. The van der Waals surface area contributed by atoms with Gasteiger partial charge in [-0.05, 0) is 30.7 Å². The fraction of sp³-hybridized carbons (Fsp3) is 0.190. The Morgan fingerprint density at radius 1 is 1.10 bits per heavy atom. The summed E-state index contributed by atoms with van der Waals surface area (Å²) in [6.07, 6.45) is 0.563. The largest absolute Gasteiger partial charge is 0.385 e. The van der Waals surface area contributed by atoms with Crippen LogP contribution in [0.5, 0.6) is 0 Å². The number of methoxy groups -OCH3 is 1. The normalized spacial score (nSPS) is 11.4. The predicted octanol–water partition coefficient (Wildman–Crippen LogP) is 3.34. The number of anilines is 1. The number of ether oxygens (including phenoxy) is 1. The van der Waals surface area contributed by atoms with Gasteiger partial charge in [-0.3, -0.25) is 9.36 Å². The topological polar surface area (TPSA) is 95.1 Å². The van der Waals surface area contributed by atoms with Gasteiger partial charge in [0.1, 0.15) is 16.9 Å². The number of nitrogen functional groups attached to an aromatic ring is 1. The summed E-state index contributed by atoms with van der Waals surface area (Å²) in [7, 11) is 1.55. The Balaban J connectivity index is 1.96. The van der Waals surface area contributed by atoms with Crippen molar-refractivity contribution in [3.63, 3.8) is 0 Å². The molecule has 10 heteroatoms. The molecule has 4 rings (SSSR count). The Labute approximate surface area is 174 Å². The van der Waals surface area contributed by atoms with Crippen LogP contribution in [0.1, 0.15) is 16.8 Å². The quantitative estimate of drug-likeness (QED) is 0.362. The van der Waals surface area contributed by atoms with Crippen LogP contribution in [0, 0.1) is 17.5 Å². The Bertz CT molecular complexity index is 1310. The molecule has 0 radical (unpaired) electrons. The zero-order valence-corrected chi connectivity index (χ0v) is 16.5. The molecule has 3 N–H and O–H groups in total. The third-order valence-corrected chi connectivity index (χ3v) is 4.79. The first kappa shape index (κ1) is 20.6. The molecule has 31 heavy (non-hydrogen) atoms. The molecule has 0 atom stereocenters. The van der Waals surface area contributed by atoms with Gasteiger partial charge in [0.05, 0.1) is 16.7 Å².